The topological polar surface area (TPSA) is 26.3 Å². The summed E-state index contributed by atoms with van der Waals surface area (Å²) in [5.74, 6) is 3.37. The van der Waals surface area contributed by atoms with Crippen molar-refractivity contribution >= 4 is 5.97 Å². The van der Waals surface area contributed by atoms with Crippen LogP contribution in [0, 0.1) is 29.1 Å². The molecule has 2 bridgehead atoms. The van der Waals surface area contributed by atoms with Gasteiger partial charge >= 0.3 is 5.97 Å². The zero-order chi connectivity index (χ0) is 11.1. The summed E-state index contributed by atoms with van der Waals surface area (Å²) >= 11 is 0. The molecule has 0 aromatic heterocycles. The molecule has 0 aromatic rings. The van der Waals surface area contributed by atoms with Crippen LogP contribution in [0.15, 0.2) is 0 Å². The van der Waals surface area contributed by atoms with E-state index in [0.717, 1.165) is 11.8 Å². The predicted molar refractivity (Wildman–Crippen MR) is 59.6 cm³/mol. The van der Waals surface area contributed by atoms with Crippen LogP contribution in [0.5, 0.6) is 0 Å². The molecule has 0 aromatic carbocycles. The zero-order valence-electron chi connectivity index (χ0n) is 10.2. The van der Waals surface area contributed by atoms with Crippen molar-refractivity contribution in [3.05, 3.63) is 0 Å². The third-order valence-corrected chi connectivity index (χ3v) is 6.55. The summed E-state index contributed by atoms with van der Waals surface area (Å²) in [6.07, 6.45) is 6.03. The highest BCUT2D eigenvalue weighted by atomic mass is 16.6. The van der Waals surface area contributed by atoms with E-state index in [-0.39, 0.29) is 11.6 Å². The molecule has 2 heteroatoms. The summed E-state index contributed by atoms with van der Waals surface area (Å²) in [5, 5.41) is 0. The number of esters is 1. The highest BCUT2D eigenvalue weighted by Gasteiger charge is 2.80. The van der Waals surface area contributed by atoms with Gasteiger partial charge in [-0.1, -0.05) is 6.92 Å². The van der Waals surface area contributed by atoms with E-state index in [1.165, 1.54) is 25.7 Å². The van der Waals surface area contributed by atoms with E-state index >= 15 is 0 Å². The average molecular weight is 220 g/mol. The monoisotopic (exact) mass is 220 g/mol. The van der Waals surface area contributed by atoms with Gasteiger partial charge < -0.3 is 4.74 Å². The first kappa shape index (κ1) is 9.49. The number of carbonyl (C=O) groups is 1. The van der Waals surface area contributed by atoms with Crippen LogP contribution in [0.3, 0.4) is 0 Å². The quantitative estimate of drug-likeness (QED) is 0.669. The van der Waals surface area contributed by atoms with Crippen molar-refractivity contribution in [2.24, 2.45) is 29.1 Å². The third kappa shape index (κ3) is 0.733. The minimum Gasteiger partial charge on any atom is -0.459 e. The molecule has 4 saturated carbocycles. The van der Waals surface area contributed by atoms with E-state index in [9.17, 15) is 4.79 Å². The lowest BCUT2D eigenvalue weighted by Crippen LogP contribution is -2.66. The fraction of sp³-hybridized carbons (Fsp3) is 0.929. The molecule has 0 saturated heterocycles. The maximum absolute atomic E-state index is 11.6. The molecule has 2 nitrogen and oxygen atoms in total. The van der Waals surface area contributed by atoms with Gasteiger partial charge in [-0.3, -0.25) is 4.79 Å². The van der Waals surface area contributed by atoms with Crippen LogP contribution in [0.1, 0.15) is 46.0 Å². The molecule has 88 valence electrons. The van der Waals surface area contributed by atoms with Gasteiger partial charge in [0.25, 0.3) is 0 Å². The van der Waals surface area contributed by atoms with Crippen LogP contribution in [0.4, 0.5) is 0 Å². The van der Waals surface area contributed by atoms with Crippen molar-refractivity contribution in [2.45, 2.75) is 51.6 Å². The lowest BCUT2D eigenvalue weighted by molar-refractivity contribution is -0.245. The molecular weight excluding hydrogens is 200 g/mol. The number of fused-ring (bicyclic) bond motifs is 1. The van der Waals surface area contributed by atoms with Crippen molar-refractivity contribution in [3.8, 4) is 0 Å². The first-order valence-electron chi connectivity index (χ1n) is 6.83. The van der Waals surface area contributed by atoms with Crippen molar-refractivity contribution in [2.75, 3.05) is 0 Å². The van der Waals surface area contributed by atoms with E-state index in [1.54, 1.807) is 0 Å². The number of rotatable bonds is 2. The zero-order valence-corrected chi connectivity index (χ0v) is 10.2. The molecule has 6 atom stereocenters. The summed E-state index contributed by atoms with van der Waals surface area (Å²) in [6, 6.07) is 0. The van der Waals surface area contributed by atoms with Gasteiger partial charge in [-0.15, -0.1) is 0 Å². The van der Waals surface area contributed by atoms with Gasteiger partial charge in [-0.05, 0) is 55.8 Å². The van der Waals surface area contributed by atoms with Gasteiger partial charge in [0.1, 0.15) is 5.60 Å². The molecule has 6 unspecified atom stereocenters. The first-order chi connectivity index (χ1) is 7.61. The Kier molecular flexibility index (Phi) is 1.48. The number of carbonyl (C=O) groups excluding carboxylic acids is 1. The largest absolute Gasteiger partial charge is 0.459 e. The van der Waals surface area contributed by atoms with Crippen molar-refractivity contribution in [1.29, 1.82) is 0 Å². The molecule has 4 fully saturated rings. The summed E-state index contributed by atoms with van der Waals surface area (Å²) in [6.45, 7) is 4.11. The maximum Gasteiger partial charge on any atom is 0.306 e. The van der Waals surface area contributed by atoms with Crippen LogP contribution in [0.2, 0.25) is 0 Å². The SMILES string of the molecule is CCC(=O)OC1(C)C2CC3CC4CC1C34C2. The second-order valence-electron chi connectivity index (χ2n) is 6.68. The van der Waals surface area contributed by atoms with Crippen molar-refractivity contribution in [3.63, 3.8) is 0 Å². The predicted octanol–water partition coefficient (Wildman–Crippen LogP) is 2.76. The van der Waals surface area contributed by atoms with Gasteiger partial charge in [0.05, 0.1) is 0 Å². The fourth-order valence-electron chi connectivity index (χ4n) is 5.79. The first-order valence-corrected chi connectivity index (χ1v) is 6.83. The Balaban J connectivity index is 1.65. The Morgan fingerprint density at radius 2 is 1.94 bits per heavy atom. The lowest BCUT2D eigenvalue weighted by atomic mass is 9.36. The van der Waals surface area contributed by atoms with E-state index < -0.39 is 0 Å². The molecular formula is C14H20O2. The van der Waals surface area contributed by atoms with Crippen LogP contribution in [-0.4, -0.2) is 11.6 Å². The highest BCUT2D eigenvalue weighted by molar-refractivity contribution is 5.69. The Labute approximate surface area is 96.7 Å². The van der Waals surface area contributed by atoms with Crippen molar-refractivity contribution in [1.82, 2.24) is 0 Å². The number of ether oxygens (including phenoxy) is 1. The highest BCUT2D eigenvalue weighted by Crippen LogP contribution is 2.84. The molecule has 4 aliphatic rings. The van der Waals surface area contributed by atoms with Gasteiger partial charge in [0, 0.05) is 12.3 Å². The minimum atomic E-state index is -0.0967. The Hall–Kier alpha value is -0.530. The smallest absolute Gasteiger partial charge is 0.306 e. The minimum absolute atomic E-state index is 0.00535. The lowest BCUT2D eigenvalue weighted by Gasteiger charge is -2.69. The molecule has 0 amide bonds. The molecule has 4 aliphatic carbocycles. The molecule has 0 radical (unpaired) electrons. The van der Waals surface area contributed by atoms with E-state index in [0.29, 0.717) is 23.7 Å². The maximum atomic E-state index is 11.6. The molecule has 0 N–H and O–H groups in total. The van der Waals surface area contributed by atoms with Crippen LogP contribution in [-0.2, 0) is 9.53 Å². The van der Waals surface area contributed by atoms with Gasteiger partial charge in [-0.2, -0.15) is 0 Å². The summed E-state index contributed by atoms with van der Waals surface area (Å²) in [7, 11) is 0. The molecule has 0 heterocycles. The second-order valence-corrected chi connectivity index (χ2v) is 6.68. The van der Waals surface area contributed by atoms with Gasteiger partial charge in [0.2, 0.25) is 0 Å². The molecule has 0 aliphatic heterocycles. The van der Waals surface area contributed by atoms with Crippen LogP contribution in [0.25, 0.3) is 0 Å². The van der Waals surface area contributed by atoms with E-state index in [1.807, 2.05) is 6.92 Å². The summed E-state index contributed by atoms with van der Waals surface area (Å²) < 4.78 is 5.84. The fourth-order valence-corrected chi connectivity index (χ4v) is 5.79. The Morgan fingerprint density at radius 3 is 2.56 bits per heavy atom. The van der Waals surface area contributed by atoms with Gasteiger partial charge in [0.15, 0.2) is 0 Å². The van der Waals surface area contributed by atoms with Crippen molar-refractivity contribution < 1.29 is 9.53 Å². The third-order valence-electron chi connectivity index (χ3n) is 6.55. The Bertz CT molecular complexity index is 377. The molecule has 4 rings (SSSR count). The number of hydrogen-bond donors (Lipinski definition) is 0. The van der Waals surface area contributed by atoms with Gasteiger partial charge in [-0.25, -0.2) is 0 Å². The number of hydrogen-bond acceptors (Lipinski definition) is 2. The standard InChI is InChI=1S/C14H20O2/c1-3-12(15)16-13(2)10-5-8-4-9-6-11(13)14(8,9)7-10/h8-11H,3-7H2,1-2H3. The Morgan fingerprint density at radius 1 is 1.25 bits per heavy atom. The van der Waals surface area contributed by atoms with Crippen LogP contribution < -0.4 is 0 Å². The van der Waals surface area contributed by atoms with Crippen LogP contribution >= 0.6 is 0 Å². The molecule has 1 spiro atoms. The second kappa shape index (κ2) is 2.49. The van der Waals surface area contributed by atoms with E-state index in [4.69, 9.17) is 4.74 Å². The molecule has 16 heavy (non-hydrogen) atoms. The average Bonchev–Trinajstić information content (AvgIpc) is 2.70. The normalized spacial score (nSPS) is 59.9. The van der Waals surface area contributed by atoms with E-state index in [2.05, 4.69) is 6.92 Å². The summed E-state index contributed by atoms with van der Waals surface area (Å²) in [4.78, 5) is 11.6. The summed E-state index contributed by atoms with van der Waals surface area (Å²) in [5.41, 5.74) is 0.550.